The van der Waals surface area contributed by atoms with Gasteiger partial charge in [-0.2, -0.15) is 5.10 Å². The average Bonchev–Trinajstić information content (AvgIpc) is 3.54. The standard InChI is InChI=1S/C21H24N6S/c28-21-26(16-24-12-14-25(15-13-24)18-4-2-1-3-5-18)23-20(27(21)19-6-7-19)17-8-10-22-11-9-17/h1-5,8-11,19H,6-7,12-16H2. The van der Waals surface area contributed by atoms with Crippen molar-refractivity contribution < 1.29 is 0 Å². The molecule has 0 unspecified atom stereocenters. The molecular weight excluding hydrogens is 368 g/mol. The minimum atomic E-state index is 0.499. The van der Waals surface area contributed by atoms with Gasteiger partial charge in [0.1, 0.15) is 0 Å². The van der Waals surface area contributed by atoms with Crippen molar-refractivity contribution >= 4 is 17.9 Å². The number of anilines is 1. The molecule has 3 aromatic rings. The van der Waals surface area contributed by atoms with Crippen molar-refractivity contribution in [2.45, 2.75) is 25.6 Å². The Morgan fingerprint density at radius 3 is 2.32 bits per heavy atom. The average molecular weight is 393 g/mol. The van der Waals surface area contributed by atoms with E-state index in [1.807, 2.05) is 29.2 Å². The molecule has 0 atom stereocenters. The second-order valence-corrected chi connectivity index (χ2v) is 7.89. The molecule has 0 N–H and O–H groups in total. The summed E-state index contributed by atoms with van der Waals surface area (Å²) in [4.78, 5) is 9.02. The van der Waals surface area contributed by atoms with Crippen LogP contribution in [-0.4, -0.2) is 50.4 Å². The van der Waals surface area contributed by atoms with Gasteiger partial charge in [-0.05, 0) is 49.3 Å². The predicted octanol–water partition coefficient (Wildman–Crippen LogP) is 3.59. The molecule has 6 nitrogen and oxygen atoms in total. The normalized spacial score (nSPS) is 17.8. The fourth-order valence-electron chi connectivity index (χ4n) is 3.85. The maximum atomic E-state index is 5.81. The van der Waals surface area contributed by atoms with Gasteiger partial charge in [0.2, 0.25) is 0 Å². The van der Waals surface area contributed by atoms with E-state index in [-0.39, 0.29) is 0 Å². The van der Waals surface area contributed by atoms with Crippen molar-refractivity contribution in [1.29, 1.82) is 0 Å². The molecule has 28 heavy (non-hydrogen) atoms. The highest BCUT2D eigenvalue weighted by Crippen LogP contribution is 2.38. The highest BCUT2D eigenvalue weighted by molar-refractivity contribution is 7.71. The molecule has 7 heteroatoms. The highest BCUT2D eigenvalue weighted by atomic mass is 32.1. The summed E-state index contributed by atoms with van der Waals surface area (Å²) >= 11 is 5.81. The van der Waals surface area contributed by atoms with Crippen molar-refractivity contribution in [2.75, 3.05) is 31.1 Å². The molecule has 0 bridgehead atoms. The third kappa shape index (κ3) is 3.47. The molecule has 2 aromatic heterocycles. The van der Waals surface area contributed by atoms with Crippen LogP contribution in [0.5, 0.6) is 0 Å². The minimum Gasteiger partial charge on any atom is -0.369 e. The third-order valence-electron chi connectivity index (χ3n) is 5.55. The lowest BCUT2D eigenvalue weighted by Crippen LogP contribution is -2.47. The fourth-order valence-corrected chi connectivity index (χ4v) is 4.18. The minimum absolute atomic E-state index is 0.499. The van der Waals surface area contributed by atoms with Gasteiger partial charge < -0.3 is 4.90 Å². The maximum Gasteiger partial charge on any atom is 0.199 e. The van der Waals surface area contributed by atoms with Crippen molar-refractivity contribution in [3.8, 4) is 11.4 Å². The van der Waals surface area contributed by atoms with E-state index in [9.17, 15) is 0 Å². The highest BCUT2D eigenvalue weighted by Gasteiger charge is 2.29. The van der Waals surface area contributed by atoms with E-state index in [4.69, 9.17) is 17.3 Å². The molecular formula is C21H24N6S. The zero-order valence-corrected chi connectivity index (χ0v) is 16.6. The molecule has 1 saturated carbocycles. The number of piperazine rings is 1. The summed E-state index contributed by atoms with van der Waals surface area (Å²) in [5.41, 5.74) is 2.39. The molecule has 2 aliphatic rings. The number of benzene rings is 1. The number of hydrogen-bond acceptors (Lipinski definition) is 5. The molecule has 2 fully saturated rings. The van der Waals surface area contributed by atoms with E-state index in [0.717, 1.165) is 49.0 Å². The second-order valence-electron chi connectivity index (χ2n) is 7.52. The SMILES string of the molecule is S=c1n(CN2CCN(c3ccccc3)CC2)nc(-c2ccncc2)n1C1CC1. The Morgan fingerprint density at radius 1 is 0.929 bits per heavy atom. The smallest absolute Gasteiger partial charge is 0.199 e. The Labute approximate surface area is 170 Å². The van der Waals surface area contributed by atoms with Crippen LogP contribution in [-0.2, 0) is 6.67 Å². The Kier molecular flexibility index (Phi) is 4.70. The van der Waals surface area contributed by atoms with Gasteiger partial charge in [0.25, 0.3) is 0 Å². The first-order chi connectivity index (χ1) is 13.8. The Hall–Kier alpha value is -2.51. The van der Waals surface area contributed by atoms with E-state index in [1.165, 1.54) is 18.5 Å². The summed E-state index contributed by atoms with van der Waals surface area (Å²) in [7, 11) is 0. The third-order valence-corrected chi connectivity index (χ3v) is 5.96. The zero-order valence-electron chi connectivity index (χ0n) is 15.8. The van der Waals surface area contributed by atoms with Gasteiger partial charge in [-0.15, -0.1) is 0 Å². The van der Waals surface area contributed by atoms with E-state index >= 15 is 0 Å². The van der Waals surface area contributed by atoms with Crippen LogP contribution in [0.1, 0.15) is 18.9 Å². The van der Waals surface area contributed by atoms with Crippen LogP contribution in [0.25, 0.3) is 11.4 Å². The van der Waals surface area contributed by atoms with Crippen LogP contribution >= 0.6 is 12.2 Å². The summed E-state index contributed by atoms with van der Waals surface area (Å²) < 4.78 is 5.08. The first kappa shape index (κ1) is 17.6. The fraction of sp³-hybridized carbons (Fsp3) is 0.381. The molecule has 0 spiro atoms. The number of nitrogens with zero attached hydrogens (tertiary/aromatic N) is 6. The molecule has 3 heterocycles. The van der Waals surface area contributed by atoms with Crippen LogP contribution < -0.4 is 4.90 Å². The van der Waals surface area contributed by atoms with Gasteiger partial charge in [-0.25, -0.2) is 4.68 Å². The lowest BCUT2D eigenvalue weighted by Gasteiger charge is -2.35. The molecule has 1 aliphatic carbocycles. The van der Waals surface area contributed by atoms with Gasteiger partial charge >= 0.3 is 0 Å². The Bertz CT molecular complexity index is 985. The number of hydrogen-bond donors (Lipinski definition) is 0. The van der Waals surface area contributed by atoms with Gasteiger partial charge in [-0.1, -0.05) is 18.2 Å². The quantitative estimate of drug-likeness (QED) is 0.621. The van der Waals surface area contributed by atoms with Crippen LogP contribution in [0.2, 0.25) is 0 Å². The molecule has 1 aliphatic heterocycles. The van der Waals surface area contributed by atoms with E-state index in [2.05, 4.69) is 49.7 Å². The van der Waals surface area contributed by atoms with Crippen LogP contribution in [0.4, 0.5) is 5.69 Å². The lowest BCUT2D eigenvalue weighted by atomic mass is 10.2. The molecule has 144 valence electrons. The van der Waals surface area contributed by atoms with E-state index in [0.29, 0.717) is 6.04 Å². The molecule has 1 saturated heterocycles. The van der Waals surface area contributed by atoms with Gasteiger partial charge in [0, 0.05) is 55.9 Å². The molecule has 0 radical (unpaired) electrons. The van der Waals surface area contributed by atoms with Gasteiger partial charge in [-0.3, -0.25) is 14.5 Å². The summed E-state index contributed by atoms with van der Waals surface area (Å²) in [6.45, 7) is 4.82. The van der Waals surface area contributed by atoms with Crippen molar-refractivity contribution in [3.05, 3.63) is 59.6 Å². The topological polar surface area (TPSA) is 42.1 Å². The number of rotatable bonds is 5. The van der Waals surface area contributed by atoms with Gasteiger partial charge in [0.05, 0.1) is 6.67 Å². The van der Waals surface area contributed by atoms with Crippen LogP contribution in [0.3, 0.4) is 0 Å². The first-order valence-corrected chi connectivity index (χ1v) is 10.3. The van der Waals surface area contributed by atoms with Crippen molar-refractivity contribution in [1.82, 2.24) is 24.2 Å². The maximum absolute atomic E-state index is 5.81. The largest absolute Gasteiger partial charge is 0.369 e. The zero-order chi connectivity index (χ0) is 18.9. The van der Waals surface area contributed by atoms with Crippen molar-refractivity contribution in [2.24, 2.45) is 0 Å². The summed E-state index contributed by atoms with van der Waals surface area (Å²) in [6, 6.07) is 15.2. The van der Waals surface area contributed by atoms with Crippen LogP contribution in [0, 0.1) is 4.77 Å². The lowest BCUT2D eigenvalue weighted by molar-refractivity contribution is 0.194. The number of aromatic nitrogens is 4. The molecule has 5 rings (SSSR count). The van der Waals surface area contributed by atoms with Crippen molar-refractivity contribution in [3.63, 3.8) is 0 Å². The Balaban J connectivity index is 1.33. The monoisotopic (exact) mass is 392 g/mol. The summed E-state index contributed by atoms with van der Waals surface area (Å²) in [6.07, 6.45) is 6.01. The van der Waals surface area contributed by atoms with Gasteiger partial charge in [0.15, 0.2) is 10.6 Å². The first-order valence-electron chi connectivity index (χ1n) is 9.92. The molecule has 1 aromatic carbocycles. The number of para-hydroxylation sites is 1. The summed E-state index contributed by atoms with van der Waals surface area (Å²) in [5, 5.41) is 4.90. The number of pyridine rings is 1. The second kappa shape index (κ2) is 7.48. The van der Waals surface area contributed by atoms with E-state index in [1.54, 1.807) is 0 Å². The molecule has 0 amide bonds. The predicted molar refractivity (Wildman–Crippen MR) is 113 cm³/mol. The van der Waals surface area contributed by atoms with E-state index < -0.39 is 0 Å². The Morgan fingerprint density at radius 2 is 1.64 bits per heavy atom. The summed E-state index contributed by atoms with van der Waals surface area (Å²) in [5.74, 6) is 0.970. The van der Waals surface area contributed by atoms with Crippen LogP contribution in [0.15, 0.2) is 54.9 Å².